The Morgan fingerprint density at radius 2 is 1.56 bits per heavy atom. The first kappa shape index (κ1) is 47.0. The van der Waals surface area contributed by atoms with Crippen molar-refractivity contribution in [3.8, 4) is 23.0 Å². The Bertz CT molecular complexity index is 2850. The van der Waals surface area contributed by atoms with Gasteiger partial charge in [0.25, 0.3) is 0 Å². The van der Waals surface area contributed by atoms with E-state index in [-0.39, 0.29) is 43.2 Å². The zero-order valence-electron chi connectivity index (χ0n) is 34.5. The van der Waals surface area contributed by atoms with Crippen LogP contribution in [0.2, 0.25) is 5.02 Å². The molecule has 13 nitrogen and oxygen atoms in total. The van der Waals surface area contributed by atoms with Crippen LogP contribution < -0.4 is 9.03 Å². The van der Waals surface area contributed by atoms with Gasteiger partial charge in [-0.05, 0) is 114 Å². The van der Waals surface area contributed by atoms with Crippen molar-refractivity contribution in [2.75, 3.05) is 16.2 Å². The van der Waals surface area contributed by atoms with Gasteiger partial charge < -0.3 is 10.1 Å². The van der Waals surface area contributed by atoms with Gasteiger partial charge in [-0.2, -0.15) is 18.3 Å². The summed E-state index contributed by atoms with van der Waals surface area (Å²) in [5.41, 5.74) is -0.754. The number of carbonyl (C=O) groups excluding carboxylic acids is 1. The molecule has 0 aliphatic heterocycles. The fourth-order valence-corrected chi connectivity index (χ4v) is 12.3. The molecule has 6 rings (SSSR count). The molecule has 0 bridgehead atoms. The number of halogens is 6. The van der Waals surface area contributed by atoms with Gasteiger partial charge in [0.2, 0.25) is 20.0 Å². The minimum absolute atomic E-state index is 0.00343. The molecule has 0 radical (unpaired) electrons. The lowest BCUT2D eigenvalue weighted by atomic mass is 9.88. The van der Waals surface area contributed by atoms with Crippen molar-refractivity contribution in [3.63, 3.8) is 0 Å². The van der Waals surface area contributed by atoms with Crippen molar-refractivity contribution in [1.29, 1.82) is 0 Å². The number of sulfone groups is 1. The SMILES string of the molecule is CC(C)(C)OC(=O)N[C@@H](Cc1cc(F)cc(F)c1)c1nc(C#CC(C)(C)S(=O)(=O)C2CC2)c2c(c1-c1ccc(Cl)c3c(N(S(C)(=O)=O)S(C)(=O)=O)nn(CC(F)(F)F)c13)CCC2. The van der Waals surface area contributed by atoms with Crippen molar-refractivity contribution in [1.82, 2.24) is 20.1 Å². The molecule has 336 valence electrons. The highest BCUT2D eigenvalue weighted by molar-refractivity contribution is 8.09. The maximum Gasteiger partial charge on any atom is 0.408 e. The molecule has 1 atom stereocenters. The van der Waals surface area contributed by atoms with Crippen LogP contribution in [0, 0.1) is 23.5 Å². The highest BCUT2D eigenvalue weighted by Crippen LogP contribution is 2.46. The molecular formula is C40H43ClF5N5O8S3. The van der Waals surface area contributed by atoms with Gasteiger partial charge in [0.15, 0.2) is 15.7 Å². The molecule has 1 fully saturated rings. The maximum atomic E-state index is 14.7. The van der Waals surface area contributed by atoms with E-state index in [1.807, 2.05) is 0 Å². The Morgan fingerprint density at radius 1 is 0.968 bits per heavy atom. The van der Waals surface area contributed by atoms with Gasteiger partial charge in [-0.15, -0.1) is 3.71 Å². The number of pyridine rings is 1. The number of amides is 1. The smallest absolute Gasteiger partial charge is 0.408 e. The molecule has 2 heterocycles. The van der Waals surface area contributed by atoms with Crippen LogP contribution in [0.5, 0.6) is 0 Å². The van der Waals surface area contributed by atoms with Crippen molar-refractivity contribution in [2.45, 2.75) is 108 Å². The van der Waals surface area contributed by atoms with Gasteiger partial charge in [-0.25, -0.2) is 43.8 Å². The molecule has 22 heteroatoms. The molecule has 2 aromatic carbocycles. The number of carbonyl (C=O) groups is 1. The van der Waals surface area contributed by atoms with Crippen molar-refractivity contribution in [3.05, 3.63) is 75.1 Å². The quantitative estimate of drug-likeness (QED) is 0.119. The number of ether oxygens (including phenoxy) is 1. The van der Waals surface area contributed by atoms with Gasteiger partial charge in [0, 0.05) is 17.2 Å². The van der Waals surface area contributed by atoms with Gasteiger partial charge in [-0.1, -0.05) is 23.6 Å². The molecule has 1 saturated carbocycles. The normalized spacial score (nSPS) is 15.5. The minimum atomic E-state index is -5.02. The minimum Gasteiger partial charge on any atom is -0.444 e. The first-order valence-electron chi connectivity index (χ1n) is 19.1. The molecular weight excluding hydrogens is 905 g/mol. The number of nitrogens with one attached hydrogen (secondary N) is 1. The molecule has 0 saturated heterocycles. The van der Waals surface area contributed by atoms with Gasteiger partial charge in [-0.3, -0.25) is 4.68 Å². The Balaban J connectivity index is 1.76. The second-order valence-electron chi connectivity index (χ2n) is 16.9. The zero-order chi connectivity index (χ0) is 46.1. The Labute approximate surface area is 361 Å². The molecule has 0 unspecified atom stereocenters. The lowest BCUT2D eigenvalue weighted by Gasteiger charge is -2.27. The summed E-state index contributed by atoms with van der Waals surface area (Å²) >= 11 is 6.63. The zero-order valence-corrected chi connectivity index (χ0v) is 37.7. The molecule has 1 amide bonds. The third-order valence-corrected chi connectivity index (χ3v) is 16.4. The molecule has 2 aromatic heterocycles. The molecule has 1 N–H and O–H groups in total. The number of fused-ring (bicyclic) bond motifs is 2. The van der Waals surface area contributed by atoms with E-state index >= 15 is 0 Å². The van der Waals surface area contributed by atoms with Crippen LogP contribution >= 0.6 is 11.6 Å². The summed E-state index contributed by atoms with van der Waals surface area (Å²) < 4.78 is 156. The third-order valence-electron chi connectivity index (χ3n) is 10.0. The third kappa shape index (κ3) is 9.98. The fraction of sp³-hybridized carbons (Fsp3) is 0.475. The predicted octanol–water partition coefficient (Wildman–Crippen LogP) is 7.32. The van der Waals surface area contributed by atoms with Crippen molar-refractivity contribution < 1.29 is 56.7 Å². The summed E-state index contributed by atoms with van der Waals surface area (Å²) in [4.78, 5) is 18.5. The number of alkyl carbamates (subject to hydrolysis) is 1. The number of hydrogen-bond acceptors (Lipinski definition) is 10. The summed E-state index contributed by atoms with van der Waals surface area (Å²) in [7, 11) is -13.3. The summed E-state index contributed by atoms with van der Waals surface area (Å²) in [6.45, 7) is 5.78. The molecule has 62 heavy (non-hydrogen) atoms. The van der Waals surface area contributed by atoms with E-state index in [4.69, 9.17) is 21.3 Å². The van der Waals surface area contributed by atoms with E-state index in [0.29, 0.717) is 60.1 Å². The van der Waals surface area contributed by atoms with E-state index in [1.54, 1.807) is 20.8 Å². The second kappa shape index (κ2) is 16.2. The molecule has 2 aliphatic rings. The fourth-order valence-electron chi connectivity index (χ4n) is 7.48. The van der Waals surface area contributed by atoms with Crippen LogP contribution in [0.25, 0.3) is 22.0 Å². The molecule has 2 aliphatic carbocycles. The van der Waals surface area contributed by atoms with Crippen LogP contribution in [0.15, 0.2) is 30.3 Å². The molecule has 4 aromatic rings. The van der Waals surface area contributed by atoms with Crippen LogP contribution in [0.3, 0.4) is 0 Å². The van der Waals surface area contributed by atoms with Gasteiger partial charge in [0.1, 0.15) is 34.2 Å². The van der Waals surface area contributed by atoms with E-state index < -0.39 is 105 Å². The van der Waals surface area contributed by atoms with Crippen LogP contribution in [-0.2, 0) is 60.4 Å². The van der Waals surface area contributed by atoms with Crippen molar-refractivity contribution >= 4 is 64.3 Å². The van der Waals surface area contributed by atoms with Gasteiger partial charge >= 0.3 is 12.3 Å². The summed E-state index contributed by atoms with van der Waals surface area (Å²) in [5.74, 6) is 2.91. The number of aromatic nitrogens is 3. The number of sulfonamides is 2. The number of nitrogens with zero attached hydrogens (tertiary/aromatic N) is 4. The summed E-state index contributed by atoms with van der Waals surface area (Å²) in [6.07, 6.45) is -3.49. The second-order valence-corrected chi connectivity index (χ2v) is 23.9. The van der Waals surface area contributed by atoms with E-state index in [2.05, 4.69) is 22.3 Å². The average Bonchev–Trinajstić information content (AvgIpc) is 3.74. The first-order chi connectivity index (χ1) is 28.4. The highest BCUT2D eigenvalue weighted by atomic mass is 35.5. The number of benzene rings is 2. The Hall–Kier alpha value is -4.52. The Kier molecular flexibility index (Phi) is 12.3. The average molecular weight is 948 g/mol. The lowest BCUT2D eigenvalue weighted by molar-refractivity contribution is -0.141. The topological polar surface area (TPSA) is 175 Å². The standard InChI is InChI=1S/C40H43ClF5N5O8S3/c1-38(2,3)59-37(52)48-31(19-22-17-23(42)20-24(43)18-22)34-32(27-10-8-9-26(27)30(47-34)15-16-39(4,5)62(57,58)25-11-12-25)28-13-14-29(41)33-35(28)50(21-40(44,45)46)49-36(33)51(60(6,53)54)61(7,55)56/h13-14,17-18,20,25,31H,8-12,19,21H2,1-7H3,(H,48,52)/t31-/m0/s1. The van der Waals surface area contributed by atoms with Crippen molar-refractivity contribution in [2.24, 2.45) is 0 Å². The number of hydrogen-bond donors (Lipinski definition) is 1. The van der Waals surface area contributed by atoms with Crippen LogP contribution in [0.4, 0.5) is 32.6 Å². The lowest BCUT2D eigenvalue weighted by Crippen LogP contribution is -2.36. The van der Waals surface area contributed by atoms with Gasteiger partial charge in [0.05, 0.1) is 45.4 Å². The Morgan fingerprint density at radius 3 is 2.11 bits per heavy atom. The van der Waals surface area contributed by atoms with E-state index in [0.717, 1.165) is 12.1 Å². The first-order valence-corrected chi connectivity index (χ1v) is 24.7. The number of anilines is 1. The van der Waals surface area contributed by atoms with E-state index in [9.17, 15) is 52.0 Å². The number of rotatable bonds is 11. The van der Waals surface area contributed by atoms with E-state index in [1.165, 1.54) is 26.0 Å². The summed E-state index contributed by atoms with van der Waals surface area (Å²) in [5, 5.41) is 5.17. The molecule has 0 spiro atoms. The monoisotopic (exact) mass is 947 g/mol. The largest absolute Gasteiger partial charge is 0.444 e. The highest BCUT2D eigenvalue weighted by Gasteiger charge is 2.46. The predicted molar refractivity (Wildman–Crippen MR) is 223 cm³/mol. The number of alkyl halides is 3. The maximum absolute atomic E-state index is 14.7. The van der Waals surface area contributed by atoms with Crippen LogP contribution in [0.1, 0.15) is 88.0 Å². The van der Waals surface area contributed by atoms with Crippen LogP contribution in [-0.4, -0.2) is 80.4 Å². The summed E-state index contributed by atoms with van der Waals surface area (Å²) in [6, 6.07) is 3.72.